The number of hydrogen-bond donors (Lipinski definition) is 2. The Morgan fingerprint density at radius 1 is 1.04 bits per heavy atom. The number of hydrogen-bond acceptors (Lipinski definition) is 3. The normalized spacial score (nSPS) is 11.7. The first-order valence-electron chi connectivity index (χ1n) is 8.45. The van der Waals surface area contributed by atoms with Crippen LogP contribution in [0.25, 0.3) is 0 Å². The molecule has 0 spiro atoms. The Bertz CT molecular complexity index is 735. The molecule has 0 bridgehead atoms. The molecule has 1 atom stereocenters. The number of ether oxygens (including phenoxy) is 1. The van der Waals surface area contributed by atoms with Crippen LogP contribution in [0.5, 0.6) is 0 Å². The summed E-state index contributed by atoms with van der Waals surface area (Å²) in [6, 6.07) is 15.9. The van der Waals surface area contributed by atoms with Gasteiger partial charge >= 0.3 is 6.09 Å². The first-order chi connectivity index (χ1) is 12.5. The van der Waals surface area contributed by atoms with Crippen LogP contribution in [0, 0.1) is 5.92 Å². The van der Waals surface area contributed by atoms with Crippen LogP contribution in [0.3, 0.4) is 0 Å². The van der Waals surface area contributed by atoms with Crippen LogP contribution in [-0.2, 0) is 22.7 Å². The van der Waals surface area contributed by atoms with Crippen molar-refractivity contribution in [2.24, 2.45) is 5.92 Å². The first kappa shape index (κ1) is 19.8. The summed E-state index contributed by atoms with van der Waals surface area (Å²) in [6.45, 7) is 4.22. The van der Waals surface area contributed by atoms with Crippen molar-refractivity contribution in [3.05, 3.63) is 70.7 Å². The predicted molar refractivity (Wildman–Crippen MR) is 102 cm³/mol. The number of halogens is 1. The van der Waals surface area contributed by atoms with Crippen molar-refractivity contribution < 1.29 is 14.3 Å². The molecule has 0 aromatic heterocycles. The van der Waals surface area contributed by atoms with Crippen molar-refractivity contribution in [2.75, 3.05) is 0 Å². The predicted octanol–water partition coefficient (Wildman–Crippen LogP) is 3.91. The molecule has 6 heteroatoms. The zero-order valence-electron chi connectivity index (χ0n) is 14.9. The van der Waals surface area contributed by atoms with Gasteiger partial charge in [0.1, 0.15) is 12.6 Å². The topological polar surface area (TPSA) is 67.4 Å². The minimum absolute atomic E-state index is 0.0846. The van der Waals surface area contributed by atoms with Gasteiger partial charge < -0.3 is 15.4 Å². The van der Waals surface area contributed by atoms with Crippen molar-refractivity contribution in [1.82, 2.24) is 10.6 Å². The molecule has 2 N–H and O–H groups in total. The van der Waals surface area contributed by atoms with Crippen molar-refractivity contribution in [3.8, 4) is 0 Å². The van der Waals surface area contributed by atoms with Gasteiger partial charge in [0.2, 0.25) is 5.91 Å². The van der Waals surface area contributed by atoms with Crippen molar-refractivity contribution in [3.63, 3.8) is 0 Å². The highest BCUT2D eigenvalue weighted by Gasteiger charge is 2.24. The van der Waals surface area contributed by atoms with E-state index in [0.29, 0.717) is 11.6 Å². The van der Waals surface area contributed by atoms with Gasteiger partial charge in [-0.1, -0.05) is 67.9 Å². The zero-order chi connectivity index (χ0) is 18.9. The molecule has 2 rings (SSSR count). The van der Waals surface area contributed by atoms with Gasteiger partial charge in [0.25, 0.3) is 0 Å². The molecular formula is C20H23ClN2O3. The molecule has 0 saturated carbocycles. The highest BCUT2D eigenvalue weighted by Crippen LogP contribution is 2.11. The summed E-state index contributed by atoms with van der Waals surface area (Å²) < 4.78 is 5.19. The van der Waals surface area contributed by atoms with E-state index in [4.69, 9.17) is 16.3 Å². The quantitative estimate of drug-likeness (QED) is 0.772. The van der Waals surface area contributed by atoms with E-state index in [1.54, 1.807) is 12.1 Å². The molecular weight excluding hydrogens is 352 g/mol. The minimum Gasteiger partial charge on any atom is -0.445 e. The molecule has 0 aliphatic rings. The molecule has 2 aromatic carbocycles. The second-order valence-electron chi connectivity index (χ2n) is 6.28. The van der Waals surface area contributed by atoms with Crippen LogP contribution >= 0.6 is 11.6 Å². The fraction of sp³-hybridized carbons (Fsp3) is 0.300. The Morgan fingerprint density at radius 2 is 1.73 bits per heavy atom. The van der Waals surface area contributed by atoms with Gasteiger partial charge in [-0.25, -0.2) is 4.79 Å². The number of rotatable bonds is 7. The monoisotopic (exact) mass is 374 g/mol. The van der Waals surface area contributed by atoms with Gasteiger partial charge in [-0.05, 0) is 29.2 Å². The van der Waals surface area contributed by atoms with Gasteiger partial charge in [-0.3, -0.25) is 4.79 Å². The summed E-state index contributed by atoms with van der Waals surface area (Å²) in [5, 5.41) is 6.06. The molecule has 0 heterocycles. The summed E-state index contributed by atoms with van der Waals surface area (Å²) in [6.07, 6.45) is -0.620. The van der Waals surface area contributed by atoms with E-state index in [-0.39, 0.29) is 18.4 Å². The summed E-state index contributed by atoms with van der Waals surface area (Å²) in [5.74, 6) is -0.352. The molecule has 0 saturated heterocycles. The second kappa shape index (κ2) is 9.82. The molecule has 0 fully saturated rings. The summed E-state index contributed by atoms with van der Waals surface area (Å²) in [7, 11) is 0. The maximum Gasteiger partial charge on any atom is 0.408 e. The van der Waals surface area contributed by atoms with Crippen molar-refractivity contribution in [1.29, 1.82) is 0 Å². The number of nitrogens with one attached hydrogen (secondary N) is 2. The molecule has 26 heavy (non-hydrogen) atoms. The maximum absolute atomic E-state index is 12.4. The first-order valence-corrected chi connectivity index (χ1v) is 8.83. The van der Waals surface area contributed by atoms with Gasteiger partial charge in [0.05, 0.1) is 0 Å². The van der Waals surface area contributed by atoms with Crippen LogP contribution in [0.4, 0.5) is 4.79 Å². The SMILES string of the molecule is CC(C)[C@H](NC(=O)OCc1ccccc1)C(=O)NCc1cccc(Cl)c1. The summed E-state index contributed by atoms with van der Waals surface area (Å²) >= 11 is 5.94. The van der Waals surface area contributed by atoms with E-state index >= 15 is 0 Å². The number of benzene rings is 2. The second-order valence-corrected chi connectivity index (χ2v) is 6.71. The van der Waals surface area contributed by atoms with Gasteiger partial charge in [-0.2, -0.15) is 0 Å². The lowest BCUT2D eigenvalue weighted by Gasteiger charge is -2.21. The highest BCUT2D eigenvalue weighted by atomic mass is 35.5. The van der Waals surface area contributed by atoms with Gasteiger partial charge in [0.15, 0.2) is 0 Å². The van der Waals surface area contributed by atoms with E-state index in [1.165, 1.54) is 0 Å². The number of carbonyl (C=O) groups excluding carboxylic acids is 2. The third kappa shape index (κ3) is 6.41. The van der Waals surface area contributed by atoms with E-state index in [0.717, 1.165) is 11.1 Å². The third-order valence-electron chi connectivity index (χ3n) is 3.79. The fourth-order valence-corrected chi connectivity index (χ4v) is 2.59. The Hall–Kier alpha value is -2.53. The van der Waals surface area contributed by atoms with E-state index in [9.17, 15) is 9.59 Å². The molecule has 0 radical (unpaired) electrons. The van der Waals surface area contributed by atoms with Crippen LogP contribution < -0.4 is 10.6 Å². The highest BCUT2D eigenvalue weighted by molar-refractivity contribution is 6.30. The fourth-order valence-electron chi connectivity index (χ4n) is 2.37. The lowest BCUT2D eigenvalue weighted by atomic mass is 10.0. The molecule has 138 valence electrons. The van der Waals surface area contributed by atoms with E-state index in [1.807, 2.05) is 56.3 Å². The summed E-state index contributed by atoms with van der Waals surface area (Å²) in [4.78, 5) is 24.5. The average molecular weight is 375 g/mol. The molecule has 0 aliphatic carbocycles. The lowest BCUT2D eigenvalue weighted by molar-refractivity contribution is -0.124. The van der Waals surface area contributed by atoms with E-state index in [2.05, 4.69) is 10.6 Å². The van der Waals surface area contributed by atoms with Crippen LogP contribution in [-0.4, -0.2) is 18.0 Å². The van der Waals surface area contributed by atoms with Crippen molar-refractivity contribution >= 4 is 23.6 Å². The molecule has 2 aromatic rings. The Balaban J connectivity index is 1.86. The van der Waals surface area contributed by atoms with Crippen molar-refractivity contribution in [2.45, 2.75) is 33.0 Å². The molecule has 0 aliphatic heterocycles. The van der Waals surface area contributed by atoms with Crippen LogP contribution in [0.15, 0.2) is 54.6 Å². The van der Waals surface area contributed by atoms with E-state index < -0.39 is 12.1 Å². The smallest absolute Gasteiger partial charge is 0.408 e. The summed E-state index contributed by atoms with van der Waals surface area (Å²) in [5.41, 5.74) is 1.77. The average Bonchev–Trinajstić information content (AvgIpc) is 2.63. The van der Waals surface area contributed by atoms with Crippen LogP contribution in [0.1, 0.15) is 25.0 Å². The largest absolute Gasteiger partial charge is 0.445 e. The Morgan fingerprint density at radius 3 is 2.38 bits per heavy atom. The molecule has 0 unspecified atom stereocenters. The molecule has 2 amide bonds. The third-order valence-corrected chi connectivity index (χ3v) is 4.03. The number of amides is 2. The minimum atomic E-state index is -0.683. The van der Waals surface area contributed by atoms with Crippen LogP contribution in [0.2, 0.25) is 5.02 Å². The lowest BCUT2D eigenvalue weighted by Crippen LogP contribution is -2.49. The van der Waals surface area contributed by atoms with Gasteiger partial charge in [0, 0.05) is 11.6 Å². The van der Waals surface area contributed by atoms with Gasteiger partial charge in [-0.15, -0.1) is 0 Å². The Labute approximate surface area is 158 Å². The molecule has 5 nitrogen and oxygen atoms in total. The zero-order valence-corrected chi connectivity index (χ0v) is 15.6. The number of alkyl carbamates (subject to hydrolysis) is 1. The Kier molecular flexibility index (Phi) is 7.48. The maximum atomic E-state index is 12.4. The standard InChI is InChI=1S/C20H23ClN2O3/c1-14(2)18(19(24)22-12-16-9-6-10-17(21)11-16)23-20(25)26-13-15-7-4-3-5-8-15/h3-11,14,18H,12-13H2,1-2H3,(H,22,24)(H,23,25)/t18-/m0/s1. The number of carbonyl (C=O) groups is 2.